The van der Waals surface area contributed by atoms with Crippen molar-refractivity contribution in [1.29, 1.82) is 0 Å². The summed E-state index contributed by atoms with van der Waals surface area (Å²) >= 11 is 0. The van der Waals surface area contributed by atoms with Crippen LogP contribution >= 0.6 is 0 Å². The first-order valence-corrected chi connectivity index (χ1v) is 6.95. The lowest BCUT2D eigenvalue weighted by molar-refractivity contribution is -0.0178. The maximum absolute atomic E-state index is 9.83. The molecule has 2 aromatic rings. The van der Waals surface area contributed by atoms with Crippen LogP contribution in [0, 0.1) is 0 Å². The van der Waals surface area contributed by atoms with Crippen LogP contribution in [0.15, 0.2) is 22.7 Å². The molecule has 1 aliphatic rings. The van der Waals surface area contributed by atoms with Gasteiger partial charge < -0.3 is 19.1 Å². The van der Waals surface area contributed by atoms with Crippen molar-refractivity contribution in [3.63, 3.8) is 0 Å². The third kappa shape index (κ3) is 2.35. The van der Waals surface area contributed by atoms with Gasteiger partial charge in [0.1, 0.15) is 5.60 Å². The van der Waals surface area contributed by atoms with Crippen LogP contribution in [0.2, 0.25) is 0 Å². The summed E-state index contributed by atoms with van der Waals surface area (Å²) in [6.07, 6.45) is 3.99. The van der Waals surface area contributed by atoms with Gasteiger partial charge in [0, 0.05) is 12.7 Å². The number of phenols is 1. The molecule has 0 atom stereocenters. The molecule has 21 heavy (non-hydrogen) atoms. The highest BCUT2D eigenvalue weighted by atomic mass is 16.5. The van der Waals surface area contributed by atoms with Crippen molar-refractivity contribution in [3.8, 4) is 23.0 Å². The molecule has 0 amide bonds. The Morgan fingerprint density at radius 1 is 1.24 bits per heavy atom. The predicted molar refractivity (Wildman–Crippen MR) is 75.1 cm³/mol. The lowest BCUT2D eigenvalue weighted by Crippen LogP contribution is -2.25. The highest BCUT2D eigenvalue weighted by molar-refractivity contribution is 5.59. The maximum Gasteiger partial charge on any atom is 0.258 e. The molecule has 0 radical (unpaired) electrons. The van der Waals surface area contributed by atoms with Gasteiger partial charge in [-0.1, -0.05) is 5.16 Å². The van der Waals surface area contributed by atoms with Gasteiger partial charge in [-0.2, -0.15) is 4.98 Å². The zero-order valence-corrected chi connectivity index (χ0v) is 12.1. The molecule has 1 aromatic heterocycles. The average molecular weight is 290 g/mol. The monoisotopic (exact) mass is 290 g/mol. The lowest BCUT2D eigenvalue weighted by atomic mass is 10.0. The van der Waals surface area contributed by atoms with Crippen LogP contribution in [-0.2, 0) is 10.3 Å². The number of methoxy groups -OCH3 is 2. The second-order valence-electron chi connectivity index (χ2n) is 5.22. The number of ether oxygens (including phenoxy) is 2. The summed E-state index contributed by atoms with van der Waals surface area (Å²) in [5.74, 6) is 1.39. The van der Waals surface area contributed by atoms with Gasteiger partial charge in [0.25, 0.3) is 5.89 Å². The summed E-state index contributed by atoms with van der Waals surface area (Å²) in [5, 5.41) is 13.9. The number of aromatic hydroxyl groups is 1. The van der Waals surface area contributed by atoms with Gasteiger partial charge in [-0.25, -0.2) is 0 Å². The second kappa shape index (κ2) is 5.37. The fraction of sp³-hybridized carbons (Fsp3) is 0.467. The van der Waals surface area contributed by atoms with Crippen molar-refractivity contribution < 1.29 is 19.1 Å². The topological polar surface area (TPSA) is 77.6 Å². The van der Waals surface area contributed by atoms with Crippen LogP contribution in [0.4, 0.5) is 0 Å². The number of phenolic OH excluding ortho intramolecular Hbond substituents is 1. The van der Waals surface area contributed by atoms with Gasteiger partial charge >= 0.3 is 0 Å². The third-order valence-corrected chi connectivity index (χ3v) is 4.06. The number of hydrogen-bond donors (Lipinski definition) is 1. The molecule has 0 aliphatic heterocycles. The van der Waals surface area contributed by atoms with E-state index in [-0.39, 0.29) is 5.75 Å². The van der Waals surface area contributed by atoms with E-state index in [0.29, 0.717) is 23.0 Å². The summed E-state index contributed by atoms with van der Waals surface area (Å²) in [5.41, 5.74) is 0.215. The van der Waals surface area contributed by atoms with Crippen molar-refractivity contribution in [2.24, 2.45) is 0 Å². The Kier molecular flexibility index (Phi) is 3.55. The Labute approximate surface area is 122 Å². The summed E-state index contributed by atoms with van der Waals surface area (Å²) in [6, 6.07) is 4.98. The molecular weight excluding hydrogens is 272 g/mol. The van der Waals surface area contributed by atoms with Gasteiger partial charge in [0.15, 0.2) is 11.5 Å². The van der Waals surface area contributed by atoms with Gasteiger partial charge in [-0.3, -0.25) is 0 Å². The Morgan fingerprint density at radius 3 is 2.62 bits per heavy atom. The van der Waals surface area contributed by atoms with Crippen LogP contribution in [0.5, 0.6) is 11.5 Å². The molecule has 6 nitrogen and oxygen atoms in total. The minimum atomic E-state index is -0.434. The molecule has 3 rings (SSSR count). The fourth-order valence-electron chi connectivity index (χ4n) is 2.81. The van der Waals surface area contributed by atoms with Crippen molar-refractivity contribution in [2.75, 3.05) is 14.2 Å². The zero-order valence-electron chi connectivity index (χ0n) is 12.1. The fourth-order valence-corrected chi connectivity index (χ4v) is 2.81. The average Bonchev–Trinajstić information content (AvgIpc) is 3.17. The van der Waals surface area contributed by atoms with Crippen LogP contribution < -0.4 is 4.74 Å². The van der Waals surface area contributed by atoms with Gasteiger partial charge in [0.2, 0.25) is 5.82 Å². The largest absolute Gasteiger partial charge is 0.504 e. The van der Waals surface area contributed by atoms with E-state index >= 15 is 0 Å². The van der Waals surface area contributed by atoms with Gasteiger partial charge in [-0.05, 0) is 43.9 Å². The molecule has 1 N–H and O–H groups in total. The molecule has 0 spiro atoms. The Hall–Kier alpha value is -2.08. The highest BCUT2D eigenvalue weighted by Crippen LogP contribution is 2.41. The van der Waals surface area contributed by atoms with Crippen LogP contribution in [-0.4, -0.2) is 29.5 Å². The SMILES string of the molecule is COc1ccc(-c2nc(C3(OC)CCCC3)no2)cc1O. The number of aromatic nitrogens is 2. The molecule has 1 aliphatic carbocycles. The molecule has 112 valence electrons. The highest BCUT2D eigenvalue weighted by Gasteiger charge is 2.40. The number of benzene rings is 1. The van der Waals surface area contributed by atoms with Crippen molar-refractivity contribution in [1.82, 2.24) is 10.1 Å². The van der Waals surface area contributed by atoms with Crippen molar-refractivity contribution >= 4 is 0 Å². The third-order valence-electron chi connectivity index (χ3n) is 4.06. The Balaban J connectivity index is 1.93. The van der Waals surface area contributed by atoms with E-state index in [9.17, 15) is 5.11 Å². The Bertz CT molecular complexity index is 632. The molecule has 0 unspecified atom stereocenters. The number of nitrogens with zero attached hydrogens (tertiary/aromatic N) is 2. The molecule has 0 saturated heterocycles. The smallest absolute Gasteiger partial charge is 0.258 e. The summed E-state index contributed by atoms with van der Waals surface area (Å²) < 4.78 is 16.0. The number of hydrogen-bond acceptors (Lipinski definition) is 6. The van der Waals surface area contributed by atoms with Gasteiger partial charge in [0.05, 0.1) is 7.11 Å². The quantitative estimate of drug-likeness (QED) is 0.933. The van der Waals surface area contributed by atoms with Gasteiger partial charge in [-0.15, -0.1) is 0 Å². The van der Waals surface area contributed by atoms with E-state index in [1.807, 2.05) is 0 Å². The van der Waals surface area contributed by atoms with Crippen LogP contribution in [0.3, 0.4) is 0 Å². The first-order chi connectivity index (χ1) is 10.2. The molecule has 6 heteroatoms. The summed E-state index contributed by atoms with van der Waals surface area (Å²) in [7, 11) is 3.18. The minimum absolute atomic E-state index is 0.0390. The molecule has 1 fully saturated rings. The molecule has 0 bridgehead atoms. The minimum Gasteiger partial charge on any atom is -0.504 e. The van der Waals surface area contributed by atoms with E-state index in [4.69, 9.17) is 14.0 Å². The summed E-state index contributed by atoms with van der Waals surface area (Å²) in [6.45, 7) is 0. The van der Waals surface area contributed by atoms with E-state index in [1.54, 1.807) is 25.3 Å². The Morgan fingerprint density at radius 2 is 2.00 bits per heavy atom. The predicted octanol–water partition coefficient (Wildman–Crippen LogP) is 2.87. The number of rotatable bonds is 4. The lowest BCUT2D eigenvalue weighted by Gasteiger charge is -2.22. The maximum atomic E-state index is 9.83. The molecular formula is C15H18N2O4. The zero-order chi connectivity index (χ0) is 14.9. The van der Waals surface area contributed by atoms with E-state index < -0.39 is 5.60 Å². The molecule has 1 aromatic carbocycles. The van der Waals surface area contributed by atoms with E-state index in [1.165, 1.54) is 7.11 Å². The van der Waals surface area contributed by atoms with Crippen molar-refractivity contribution in [3.05, 3.63) is 24.0 Å². The van der Waals surface area contributed by atoms with Crippen LogP contribution in [0.25, 0.3) is 11.5 Å². The van der Waals surface area contributed by atoms with E-state index in [0.717, 1.165) is 25.7 Å². The first kappa shape index (κ1) is 13.9. The van der Waals surface area contributed by atoms with Crippen molar-refractivity contribution in [2.45, 2.75) is 31.3 Å². The molecule has 1 saturated carbocycles. The van der Waals surface area contributed by atoms with Crippen LogP contribution in [0.1, 0.15) is 31.5 Å². The second-order valence-corrected chi connectivity index (χ2v) is 5.22. The molecule has 1 heterocycles. The normalized spacial score (nSPS) is 17.0. The van der Waals surface area contributed by atoms with E-state index in [2.05, 4.69) is 10.1 Å². The standard InChI is InChI=1S/C15H18N2O4/c1-19-12-6-5-10(9-11(12)18)13-16-14(17-21-13)15(20-2)7-3-4-8-15/h5-6,9,18H,3-4,7-8H2,1-2H3. The first-order valence-electron chi connectivity index (χ1n) is 6.95. The summed E-state index contributed by atoms with van der Waals surface area (Å²) in [4.78, 5) is 4.45.